The number of hydrogen-bond donors (Lipinski definition) is 2. The lowest BCUT2D eigenvalue weighted by Crippen LogP contribution is -2.46. The Hall–Kier alpha value is -1.34. The minimum atomic E-state index is -0.441. The Labute approximate surface area is 152 Å². The first-order chi connectivity index (χ1) is 11.8. The van der Waals surface area contributed by atoms with Crippen molar-refractivity contribution in [2.75, 3.05) is 45.8 Å². The Morgan fingerprint density at radius 1 is 0.960 bits per heavy atom. The predicted octanol–water partition coefficient (Wildman–Crippen LogP) is 1.56. The van der Waals surface area contributed by atoms with Crippen LogP contribution < -0.4 is 11.1 Å². The lowest BCUT2D eigenvalue weighted by atomic mass is 10.2. The Morgan fingerprint density at radius 3 is 1.96 bits per heavy atom. The maximum absolute atomic E-state index is 11.5. The fraction of sp³-hybridized carbons (Fsp3) is 0.889. The minimum absolute atomic E-state index is 0.203. The van der Waals surface area contributed by atoms with Gasteiger partial charge in [0.2, 0.25) is 5.91 Å². The van der Waals surface area contributed by atoms with E-state index in [9.17, 15) is 9.59 Å². The van der Waals surface area contributed by atoms with Crippen molar-refractivity contribution in [3.8, 4) is 0 Å². The highest BCUT2D eigenvalue weighted by atomic mass is 16.6. The van der Waals surface area contributed by atoms with E-state index >= 15 is 0 Å². The van der Waals surface area contributed by atoms with Gasteiger partial charge in [-0.25, -0.2) is 4.79 Å². The molecule has 0 aromatic heterocycles. The van der Waals surface area contributed by atoms with Gasteiger partial charge >= 0.3 is 6.09 Å². The summed E-state index contributed by atoms with van der Waals surface area (Å²) in [6.45, 7) is 12.8. The molecule has 7 heteroatoms. The first kappa shape index (κ1) is 21.7. The molecule has 1 aliphatic heterocycles. The number of nitrogens with one attached hydrogen (secondary N) is 1. The summed E-state index contributed by atoms with van der Waals surface area (Å²) < 4.78 is 5.21. The number of primary amides is 1. The molecule has 146 valence electrons. The van der Waals surface area contributed by atoms with Crippen molar-refractivity contribution in [2.24, 2.45) is 5.73 Å². The van der Waals surface area contributed by atoms with Gasteiger partial charge in [0.25, 0.3) is 0 Å². The number of amides is 2. The molecular weight excluding hydrogens is 320 g/mol. The van der Waals surface area contributed by atoms with Crippen molar-refractivity contribution in [1.82, 2.24) is 15.1 Å². The van der Waals surface area contributed by atoms with Crippen LogP contribution in [-0.2, 0) is 9.53 Å². The number of rotatable bonds is 10. The van der Waals surface area contributed by atoms with Crippen molar-refractivity contribution in [3.05, 3.63) is 0 Å². The quantitative estimate of drug-likeness (QED) is 0.580. The number of nitrogens with zero attached hydrogens (tertiary/aromatic N) is 2. The number of nitrogens with two attached hydrogens (primary N) is 1. The Morgan fingerprint density at radius 2 is 1.48 bits per heavy atom. The SMILES string of the molecule is CC(C)(C)OC(=O)NCCCCN1CCN(CCCCC(N)=O)CC1. The minimum Gasteiger partial charge on any atom is -0.444 e. The van der Waals surface area contributed by atoms with Gasteiger partial charge in [0.1, 0.15) is 5.60 Å². The van der Waals surface area contributed by atoms with Crippen LogP contribution in [0.15, 0.2) is 0 Å². The van der Waals surface area contributed by atoms with Crippen molar-refractivity contribution >= 4 is 12.0 Å². The Balaban J connectivity index is 1.98. The molecule has 0 unspecified atom stereocenters. The number of unbranched alkanes of at least 4 members (excludes halogenated alkanes) is 2. The zero-order valence-electron chi connectivity index (χ0n) is 16.2. The molecule has 0 aromatic rings. The maximum Gasteiger partial charge on any atom is 0.407 e. The number of carbonyl (C=O) groups is 2. The molecule has 1 fully saturated rings. The average Bonchev–Trinajstić information content (AvgIpc) is 2.50. The van der Waals surface area contributed by atoms with E-state index in [2.05, 4.69) is 15.1 Å². The molecule has 1 saturated heterocycles. The molecule has 0 aliphatic carbocycles. The molecule has 0 saturated carbocycles. The van der Waals surface area contributed by atoms with Crippen LogP contribution in [0.4, 0.5) is 4.79 Å². The van der Waals surface area contributed by atoms with Crippen LogP contribution in [0.25, 0.3) is 0 Å². The van der Waals surface area contributed by atoms with E-state index in [1.807, 2.05) is 20.8 Å². The third-order valence-electron chi connectivity index (χ3n) is 4.18. The molecule has 1 heterocycles. The van der Waals surface area contributed by atoms with Gasteiger partial charge in [-0.15, -0.1) is 0 Å². The number of carbonyl (C=O) groups excluding carboxylic acids is 2. The van der Waals surface area contributed by atoms with Gasteiger partial charge in [-0.3, -0.25) is 4.79 Å². The van der Waals surface area contributed by atoms with E-state index in [0.29, 0.717) is 13.0 Å². The first-order valence-corrected chi connectivity index (χ1v) is 9.46. The van der Waals surface area contributed by atoms with Gasteiger partial charge in [-0.1, -0.05) is 0 Å². The predicted molar refractivity (Wildman–Crippen MR) is 99.4 cm³/mol. The molecule has 3 N–H and O–H groups in total. The van der Waals surface area contributed by atoms with E-state index in [0.717, 1.165) is 65.0 Å². The summed E-state index contributed by atoms with van der Waals surface area (Å²) in [7, 11) is 0. The van der Waals surface area contributed by atoms with E-state index in [1.54, 1.807) is 0 Å². The van der Waals surface area contributed by atoms with Crippen LogP contribution in [-0.4, -0.2) is 73.2 Å². The second-order valence-electron chi connectivity index (χ2n) is 7.74. The van der Waals surface area contributed by atoms with Gasteiger partial charge in [-0.05, 0) is 59.5 Å². The number of piperazine rings is 1. The van der Waals surface area contributed by atoms with Crippen LogP contribution in [0.2, 0.25) is 0 Å². The van der Waals surface area contributed by atoms with E-state index < -0.39 is 5.60 Å². The van der Waals surface area contributed by atoms with Gasteiger partial charge in [0.15, 0.2) is 0 Å². The zero-order valence-corrected chi connectivity index (χ0v) is 16.2. The second-order valence-corrected chi connectivity index (χ2v) is 7.74. The van der Waals surface area contributed by atoms with Gasteiger partial charge in [0.05, 0.1) is 0 Å². The van der Waals surface area contributed by atoms with Gasteiger partial charge in [0, 0.05) is 39.1 Å². The highest BCUT2D eigenvalue weighted by molar-refractivity contribution is 5.73. The van der Waals surface area contributed by atoms with Gasteiger partial charge < -0.3 is 25.6 Å². The highest BCUT2D eigenvalue weighted by Crippen LogP contribution is 2.07. The summed E-state index contributed by atoms with van der Waals surface area (Å²) >= 11 is 0. The Kier molecular flexibility index (Phi) is 9.82. The summed E-state index contributed by atoms with van der Waals surface area (Å²) in [6, 6.07) is 0. The number of alkyl carbamates (subject to hydrolysis) is 1. The first-order valence-electron chi connectivity index (χ1n) is 9.46. The fourth-order valence-electron chi connectivity index (χ4n) is 2.84. The molecule has 2 amide bonds. The topological polar surface area (TPSA) is 87.9 Å². The summed E-state index contributed by atoms with van der Waals surface area (Å²) in [5.74, 6) is -0.203. The van der Waals surface area contributed by atoms with Crippen molar-refractivity contribution in [1.29, 1.82) is 0 Å². The molecule has 0 aromatic carbocycles. The molecular formula is C18H36N4O3. The zero-order chi connectivity index (χ0) is 18.7. The molecule has 25 heavy (non-hydrogen) atoms. The monoisotopic (exact) mass is 356 g/mol. The molecule has 0 spiro atoms. The third kappa shape index (κ3) is 11.8. The fourth-order valence-corrected chi connectivity index (χ4v) is 2.84. The van der Waals surface area contributed by atoms with Crippen LogP contribution in [0, 0.1) is 0 Å². The summed E-state index contributed by atoms with van der Waals surface area (Å²) in [6.07, 6.45) is 4.13. The van der Waals surface area contributed by atoms with E-state index in [-0.39, 0.29) is 12.0 Å². The smallest absolute Gasteiger partial charge is 0.407 e. The summed E-state index contributed by atoms with van der Waals surface area (Å²) in [4.78, 5) is 27.2. The average molecular weight is 357 g/mol. The normalized spacial score (nSPS) is 16.6. The molecule has 7 nitrogen and oxygen atoms in total. The van der Waals surface area contributed by atoms with E-state index in [1.165, 1.54) is 0 Å². The largest absolute Gasteiger partial charge is 0.444 e. The van der Waals surface area contributed by atoms with E-state index in [4.69, 9.17) is 10.5 Å². The van der Waals surface area contributed by atoms with Crippen LogP contribution in [0.1, 0.15) is 52.9 Å². The second kappa shape index (κ2) is 11.3. The van der Waals surface area contributed by atoms with Crippen molar-refractivity contribution < 1.29 is 14.3 Å². The van der Waals surface area contributed by atoms with Crippen LogP contribution in [0.5, 0.6) is 0 Å². The van der Waals surface area contributed by atoms with Crippen molar-refractivity contribution in [2.45, 2.75) is 58.5 Å². The highest BCUT2D eigenvalue weighted by Gasteiger charge is 2.17. The van der Waals surface area contributed by atoms with Crippen molar-refractivity contribution in [3.63, 3.8) is 0 Å². The summed E-state index contributed by atoms with van der Waals surface area (Å²) in [5.41, 5.74) is 4.71. The molecule has 0 bridgehead atoms. The number of ether oxygens (including phenoxy) is 1. The lowest BCUT2D eigenvalue weighted by molar-refractivity contribution is -0.118. The maximum atomic E-state index is 11.5. The molecule has 1 rings (SSSR count). The van der Waals surface area contributed by atoms with Crippen LogP contribution in [0.3, 0.4) is 0 Å². The molecule has 0 atom stereocenters. The third-order valence-corrected chi connectivity index (χ3v) is 4.18. The molecule has 0 radical (unpaired) electrons. The summed E-state index contributed by atoms with van der Waals surface area (Å²) in [5, 5.41) is 2.80. The Bertz CT molecular complexity index is 402. The molecule has 1 aliphatic rings. The lowest BCUT2D eigenvalue weighted by Gasteiger charge is -2.34. The van der Waals surface area contributed by atoms with Crippen LogP contribution >= 0.6 is 0 Å². The number of hydrogen-bond acceptors (Lipinski definition) is 5. The van der Waals surface area contributed by atoms with Gasteiger partial charge in [-0.2, -0.15) is 0 Å². The standard InChI is InChI=1S/C18H36N4O3/c1-18(2,3)25-17(24)20-9-5-7-11-22-14-12-21(13-15-22)10-6-4-8-16(19)23/h4-15H2,1-3H3,(H2,19,23)(H,20,24).